The Morgan fingerprint density at radius 2 is 1.56 bits per heavy atom. The quantitative estimate of drug-likeness (QED) is 0.564. The fourth-order valence-electron chi connectivity index (χ4n) is 4.61. The lowest BCUT2D eigenvalue weighted by molar-refractivity contribution is 0.0312. The lowest BCUT2D eigenvalue weighted by Crippen LogP contribution is -2.47. The van der Waals surface area contributed by atoms with E-state index in [0.29, 0.717) is 0 Å². The summed E-state index contributed by atoms with van der Waals surface area (Å²) in [5.41, 5.74) is 0. The van der Waals surface area contributed by atoms with Crippen LogP contribution in [0.2, 0.25) is 0 Å². The monoisotopic (exact) mass is 352 g/mol. The molecule has 25 heavy (non-hydrogen) atoms. The molecule has 0 saturated carbocycles. The Morgan fingerprint density at radius 1 is 0.800 bits per heavy atom. The van der Waals surface area contributed by atoms with Gasteiger partial charge in [-0.05, 0) is 75.9 Å². The summed E-state index contributed by atoms with van der Waals surface area (Å²) >= 11 is 0. The molecule has 0 aromatic carbocycles. The number of ether oxygens (including phenoxy) is 2. The van der Waals surface area contributed by atoms with Crippen LogP contribution in [0.25, 0.3) is 0 Å². The van der Waals surface area contributed by atoms with Gasteiger partial charge in [0, 0.05) is 39.5 Å². The second-order valence-corrected chi connectivity index (χ2v) is 8.56. The SMILES string of the molecule is CCC1CCN(CCOCCC2CN(CCC3CCOCC3)C2)CC1. The molecule has 0 aliphatic carbocycles. The van der Waals surface area contributed by atoms with Gasteiger partial charge < -0.3 is 19.3 Å². The minimum Gasteiger partial charge on any atom is -0.381 e. The van der Waals surface area contributed by atoms with Gasteiger partial charge in [0.25, 0.3) is 0 Å². The minimum atomic E-state index is 0.884. The third kappa shape index (κ3) is 6.82. The number of hydrogen-bond acceptors (Lipinski definition) is 4. The van der Waals surface area contributed by atoms with E-state index in [9.17, 15) is 0 Å². The predicted molar refractivity (Wildman–Crippen MR) is 103 cm³/mol. The first-order valence-corrected chi connectivity index (χ1v) is 10.9. The number of nitrogens with zero attached hydrogens (tertiary/aromatic N) is 2. The molecule has 0 radical (unpaired) electrons. The number of hydrogen-bond donors (Lipinski definition) is 0. The van der Waals surface area contributed by atoms with E-state index >= 15 is 0 Å². The topological polar surface area (TPSA) is 24.9 Å². The molecule has 0 aromatic heterocycles. The van der Waals surface area contributed by atoms with E-state index in [1.165, 1.54) is 77.7 Å². The first-order valence-electron chi connectivity index (χ1n) is 10.9. The molecule has 3 saturated heterocycles. The van der Waals surface area contributed by atoms with Crippen molar-refractivity contribution in [2.24, 2.45) is 17.8 Å². The summed E-state index contributed by atoms with van der Waals surface area (Å²) in [6.45, 7) is 13.8. The highest BCUT2D eigenvalue weighted by atomic mass is 16.5. The normalized spacial score (nSPS) is 25.3. The fourth-order valence-corrected chi connectivity index (χ4v) is 4.61. The molecule has 3 heterocycles. The van der Waals surface area contributed by atoms with Crippen molar-refractivity contribution >= 4 is 0 Å². The first-order chi connectivity index (χ1) is 12.3. The van der Waals surface area contributed by atoms with Gasteiger partial charge in [-0.1, -0.05) is 13.3 Å². The summed E-state index contributed by atoms with van der Waals surface area (Å²) in [5.74, 6) is 2.78. The number of likely N-dealkylation sites (tertiary alicyclic amines) is 2. The van der Waals surface area contributed by atoms with E-state index < -0.39 is 0 Å². The molecule has 3 aliphatic heterocycles. The second-order valence-electron chi connectivity index (χ2n) is 8.56. The van der Waals surface area contributed by atoms with Crippen molar-refractivity contribution in [2.75, 3.05) is 65.7 Å². The van der Waals surface area contributed by atoms with Crippen molar-refractivity contribution in [2.45, 2.75) is 51.9 Å². The second kappa shape index (κ2) is 10.9. The van der Waals surface area contributed by atoms with Gasteiger partial charge in [0.2, 0.25) is 0 Å². The van der Waals surface area contributed by atoms with E-state index in [4.69, 9.17) is 9.47 Å². The van der Waals surface area contributed by atoms with Crippen molar-refractivity contribution in [3.05, 3.63) is 0 Å². The molecule has 3 fully saturated rings. The third-order valence-electron chi connectivity index (χ3n) is 6.73. The van der Waals surface area contributed by atoms with Crippen molar-refractivity contribution in [3.63, 3.8) is 0 Å². The zero-order valence-corrected chi connectivity index (χ0v) is 16.5. The van der Waals surface area contributed by atoms with Crippen LogP contribution in [0, 0.1) is 17.8 Å². The van der Waals surface area contributed by atoms with E-state index in [1.54, 1.807) is 0 Å². The van der Waals surface area contributed by atoms with Crippen LogP contribution < -0.4 is 0 Å². The highest BCUT2D eigenvalue weighted by molar-refractivity contribution is 4.80. The molecular weight excluding hydrogens is 312 g/mol. The van der Waals surface area contributed by atoms with Crippen LogP contribution in [-0.4, -0.2) is 75.5 Å². The third-order valence-corrected chi connectivity index (χ3v) is 6.73. The Labute approximate surface area is 155 Å². The van der Waals surface area contributed by atoms with Gasteiger partial charge in [0.15, 0.2) is 0 Å². The van der Waals surface area contributed by atoms with E-state index in [0.717, 1.165) is 50.7 Å². The Hall–Kier alpha value is -0.160. The summed E-state index contributed by atoms with van der Waals surface area (Å²) in [5, 5.41) is 0. The summed E-state index contributed by atoms with van der Waals surface area (Å²) in [7, 11) is 0. The highest BCUT2D eigenvalue weighted by Gasteiger charge is 2.27. The minimum absolute atomic E-state index is 0.884. The van der Waals surface area contributed by atoms with E-state index in [1.807, 2.05) is 0 Å². The van der Waals surface area contributed by atoms with Gasteiger partial charge in [-0.3, -0.25) is 0 Å². The van der Waals surface area contributed by atoms with E-state index in [2.05, 4.69) is 16.7 Å². The van der Waals surface area contributed by atoms with Crippen LogP contribution in [0.15, 0.2) is 0 Å². The number of piperidine rings is 1. The van der Waals surface area contributed by atoms with Gasteiger partial charge in [0.1, 0.15) is 0 Å². The largest absolute Gasteiger partial charge is 0.381 e. The molecule has 0 unspecified atom stereocenters. The van der Waals surface area contributed by atoms with Crippen molar-refractivity contribution in [3.8, 4) is 0 Å². The van der Waals surface area contributed by atoms with Crippen molar-refractivity contribution in [1.29, 1.82) is 0 Å². The molecule has 3 aliphatic rings. The molecule has 146 valence electrons. The molecule has 0 amide bonds. The zero-order valence-electron chi connectivity index (χ0n) is 16.5. The highest BCUT2D eigenvalue weighted by Crippen LogP contribution is 2.23. The van der Waals surface area contributed by atoms with Crippen LogP contribution in [0.4, 0.5) is 0 Å². The summed E-state index contributed by atoms with van der Waals surface area (Å²) in [6.07, 6.45) is 9.33. The molecule has 4 nitrogen and oxygen atoms in total. The molecule has 0 bridgehead atoms. The first kappa shape index (κ1) is 19.6. The maximum absolute atomic E-state index is 5.91. The summed E-state index contributed by atoms with van der Waals surface area (Å²) in [4.78, 5) is 5.23. The molecule has 0 aromatic rings. The van der Waals surface area contributed by atoms with E-state index in [-0.39, 0.29) is 0 Å². The maximum atomic E-state index is 5.91. The summed E-state index contributed by atoms with van der Waals surface area (Å²) < 4.78 is 11.4. The average molecular weight is 353 g/mol. The zero-order chi connectivity index (χ0) is 17.3. The Morgan fingerprint density at radius 3 is 2.28 bits per heavy atom. The van der Waals surface area contributed by atoms with Crippen LogP contribution in [0.1, 0.15) is 51.9 Å². The Kier molecular flexibility index (Phi) is 8.51. The predicted octanol–water partition coefficient (Wildman–Crippen LogP) is 3.26. The standard InChI is InChI=1S/C21H40N2O2/c1-2-19-3-9-22(10-4-19)12-16-25-15-8-21-17-23(18-21)11-5-20-6-13-24-14-7-20/h19-21H,2-18H2,1H3. The maximum Gasteiger partial charge on any atom is 0.0593 e. The van der Waals surface area contributed by atoms with Crippen molar-refractivity contribution in [1.82, 2.24) is 9.80 Å². The molecule has 4 heteroatoms. The average Bonchev–Trinajstić information content (AvgIpc) is 2.63. The van der Waals surface area contributed by atoms with Crippen LogP contribution in [0.5, 0.6) is 0 Å². The Balaban J connectivity index is 1.12. The molecule has 0 spiro atoms. The molecule has 0 atom stereocenters. The molecular formula is C21H40N2O2. The van der Waals surface area contributed by atoms with Crippen LogP contribution >= 0.6 is 0 Å². The van der Waals surface area contributed by atoms with Gasteiger partial charge in [-0.25, -0.2) is 0 Å². The van der Waals surface area contributed by atoms with Crippen LogP contribution in [-0.2, 0) is 9.47 Å². The molecule has 0 N–H and O–H groups in total. The van der Waals surface area contributed by atoms with Gasteiger partial charge in [-0.2, -0.15) is 0 Å². The number of rotatable bonds is 10. The van der Waals surface area contributed by atoms with Gasteiger partial charge in [0.05, 0.1) is 6.61 Å². The smallest absolute Gasteiger partial charge is 0.0593 e. The lowest BCUT2D eigenvalue weighted by Gasteiger charge is -2.40. The van der Waals surface area contributed by atoms with Gasteiger partial charge >= 0.3 is 0 Å². The fraction of sp³-hybridized carbons (Fsp3) is 1.00. The van der Waals surface area contributed by atoms with Crippen LogP contribution in [0.3, 0.4) is 0 Å². The molecule has 3 rings (SSSR count). The van der Waals surface area contributed by atoms with Crippen molar-refractivity contribution < 1.29 is 9.47 Å². The Bertz CT molecular complexity index is 346. The lowest BCUT2D eigenvalue weighted by atomic mass is 9.93. The van der Waals surface area contributed by atoms with Gasteiger partial charge in [-0.15, -0.1) is 0 Å². The summed E-state index contributed by atoms with van der Waals surface area (Å²) in [6, 6.07) is 0.